The van der Waals surface area contributed by atoms with Gasteiger partial charge in [0.25, 0.3) is 0 Å². The fraction of sp³-hybridized carbons (Fsp3) is 0. The highest BCUT2D eigenvalue weighted by Crippen LogP contribution is 2.17. The van der Waals surface area contributed by atoms with Crippen LogP contribution in [-0.2, 0) is 0 Å². The van der Waals surface area contributed by atoms with Crippen molar-refractivity contribution in [1.29, 1.82) is 0 Å². The van der Waals surface area contributed by atoms with Gasteiger partial charge in [-0.25, -0.2) is 0 Å². The van der Waals surface area contributed by atoms with Gasteiger partial charge in [0, 0.05) is 16.3 Å². The van der Waals surface area contributed by atoms with Crippen LogP contribution in [0.15, 0.2) is 23.7 Å². The Labute approximate surface area is 73.5 Å². The maximum atomic E-state index is 8.94. The Morgan fingerprint density at radius 3 is 2.92 bits per heavy atom. The number of aromatic nitrogens is 1. The Bertz CT molecular complexity index is 401. The van der Waals surface area contributed by atoms with E-state index in [0.717, 1.165) is 10.1 Å². The third-order valence-corrected chi connectivity index (χ3v) is 2.54. The van der Waals surface area contributed by atoms with Crippen LogP contribution in [0.1, 0.15) is 0 Å². The smallest absolute Gasteiger partial charge is 0.422 e. The maximum Gasteiger partial charge on any atom is 0.508 e. The number of pyridine rings is 1. The molecule has 0 aliphatic heterocycles. The minimum absolute atomic E-state index is 0.328. The van der Waals surface area contributed by atoms with Crippen LogP contribution in [-0.4, -0.2) is 22.2 Å². The Balaban J connectivity index is 2.73. The number of fused-ring (bicyclic) bond motifs is 1. The molecule has 0 aliphatic carbocycles. The summed E-state index contributed by atoms with van der Waals surface area (Å²) < 4.78 is 1.02. The molecule has 0 saturated heterocycles. The molecule has 0 fully saturated rings. The molecule has 2 aromatic rings. The van der Waals surface area contributed by atoms with Crippen molar-refractivity contribution in [3.8, 4) is 0 Å². The fourth-order valence-corrected chi connectivity index (χ4v) is 1.91. The summed E-state index contributed by atoms with van der Waals surface area (Å²) in [6.07, 6.45) is 1.58. The van der Waals surface area contributed by atoms with Crippen LogP contribution in [0.2, 0.25) is 0 Å². The lowest BCUT2D eigenvalue weighted by atomic mass is 9.83. The second-order valence-corrected chi connectivity index (χ2v) is 3.35. The third-order valence-electron chi connectivity index (χ3n) is 1.66. The van der Waals surface area contributed by atoms with E-state index in [1.54, 1.807) is 17.5 Å². The van der Waals surface area contributed by atoms with Gasteiger partial charge in [-0.2, -0.15) is 0 Å². The van der Waals surface area contributed by atoms with Gasteiger partial charge in [0.1, 0.15) is 0 Å². The zero-order valence-corrected chi connectivity index (χ0v) is 6.95. The highest BCUT2D eigenvalue weighted by Gasteiger charge is 2.16. The summed E-state index contributed by atoms with van der Waals surface area (Å²) >= 11 is 1.56. The monoisotopic (exact) mass is 179 g/mol. The van der Waals surface area contributed by atoms with Gasteiger partial charge < -0.3 is 10.0 Å². The Kier molecular flexibility index (Phi) is 1.84. The summed E-state index contributed by atoms with van der Waals surface area (Å²) in [4.78, 5) is 3.89. The number of nitrogens with zero attached hydrogens (tertiary/aromatic N) is 1. The molecule has 12 heavy (non-hydrogen) atoms. The van der Waals surface area contributed by atoms with Crippen molar-refractivity contribution in [3.05, 3.63) is 23.7 Å². The number of thiophene rings is 1. The van der Waals surface area contributed by atoms with E-state index in [4.69, 9.17) is 10.0 Å². The summed E-state index contributed by atoms with van der Waals surface area (Å²) in [5.41, 5.74) is 0.328. The van der Waals surface area contributed by atoms with Crippen molar-refractivity contribution in [2.45, 2.75) is 0 Å². The first-order valence-corrected chi connectivity index (χ1v) is 4.35. The molecule has 2 rings (SSSR count). The molecule has 2 aromatic heterocycles. The summed E-state index contributed by atoms with van der Waals surface area (Å²) in [6.45, 7) is 0. The Morgan fingerprint density at radius 2 is 2.17 bits per heavy atom. The molecule has 0 amide bonds. The molecule has 3 nitrogen and oxygen atoms in total. The Morgan fingerprint density at radius 1 is 1.33 bits per heavy atom. The van der Waals surface area contributed by atoms with Crippen LogP contribution in [0.25, 0.3) is 10.1 Å². The van der Waals surface area contributed by atoms with Gasteiger partial charge in [0.05, 0.1) is 5.59 Å². The zero-order chi connectivity index (χ0) is 8.55. The predicted octanol–water partition coefficient (Wildman–Crippen LogP) is -0.0239. The fourth-order valence-electron chi connectivity index (χ4n) is 1.12. The molecule has 0 saturated carbocycles. The Hall–Kier alpha value is -0.905. The lowest BCUT2D eigenvalue weighted by molar-refractivity contribution is 0.425. The molecule has 0 bridgehead atoms. The second kappa shape index (κ2) is 2.86. The van der Waals surface area contributed by atoms with Gasteiger partial charge in [-0.1, -0.05) is 0 Å². The molecule has 0 atom stereocenters. The van der Waals surface area contributed by atoms with Crippen LogP contribution in [0, 0.1) is 0 Å². The largest absolute Gasteiger partial charge is 0.508 e. The standard InChI is InChI=1S/C7H6BNO2S/c10-8(11)7-5-2-4-12-6(5)1-3-9-7/h1-4,10-11H. The molecule has 0 unspecified atom stereocenters. The zero-order valence-electron chi connectivity index (χ0n) is 6.14. The molecule has 2 N–H and O–H groups in total. The highest BCUT2D eigenvalue weighted by molar-refractivity contribution is 7.17. The second-order valence-electron chi connectivity index (χ2n) is 2.40. The molecule has 0 spiro atoms. The van der Waals surface area contributed by atoms with E-state index in [9.17, 15) is 0 Å². The first kappa shape index (κ1) is 7.73. The molecule has 0 radical (unpaired) electrons. The maximum absolute atomic E-state index is 8.94. The lowest BCUT2D eigenvalue weighted by Gasteiger charge is -1.98. The molecule has 60 valence electrons. The van der Waals surface area contributed by atoms with Gasteiger partial charge in [0.15, 0.2) is 0 Å². The number of hydrogen-bond acceptors (Lipinski definition) is 4. The van der Waals surface area contributed by atoms with Crippen molar-refractivity contribution in [2.75, 3.05) is 0 Å². The van der Waals surface area contributed by atoms with E-state index in [-0.39, 0.29) is 0 Å². The van der Waals surface area contributed by atoms with Gasteiger partial charge in [-0.3, -0.25) is 4.98 Å². The minimum Gasteiger partial charge on any atom is -0.422 e. The van der Waals surface area contributed by atoms with E-state index in [1.807, 2.05) is 17.5 Å². The van der Waals surface area contributed by atoms with Gasteiger partial charge >= 0.3 is 7.12 Å². The summed E-state index contributed by atoms with van der Waals surface area (Å²) in [7, 11) is -1.48. The molecule has 0 aliphatic rings. The van der Waals surface area contributed by atoms with Crippen LogP contribution < -0.4 is 5.59 Å². The van der Waals surface area contributed by atoms with E-state index >= 15 is 0 Å². The third kappa shape index (κ3) is 1.12. The van der Waals surface area contributed by atoms with E-state index in [1.165, 1.54) is 0 Å². The van der Waals surface area contributed by atoms with Crippen LogP contribution in [0.3, 0.4) is 0 Å². The van der Waals surface area contributed by atoms with E-state index < -0.39 is 7.12 Å². The summed E-state index contributed by atoms with van der Waals surface area (Å²) in [5, 5.41) is 20.6. The topological polar surface area (TPSA) is 53.4 Å². The van der Waals surface area contributed by atoms with E-state index in [0.29, 0.717) is 5.59 Å². The van der Waals surface area contributed by atoms with Gasteiger partial charge in [-0.05, 0) is 17.5 Å². The number of hydrogen-bond donors (Lipinski definition) is 2. The van der Waals surface area contributed by atoms with Crippen molar-refractivity contribution in [3.63, 3.8) is 0 Å². The minimum atomic E-state index is -1.48. The average molecular weight is 179 g/mol. The summed E-state index contributed by atoms with van der Waals surface area (Å²) in [5.74, 6) is 0. The first-order chi connectivity index (χ1) is 5.79. The summed E-state index contributed by atoms with van der Waals surface area (Å²) in [6, 6.07) is 3.69. The van der Waals surface area contributed by atoms with Crippen LogP contribution >= 0.6 is 11.3 Å². The SMILES string of the molecule is OB(O)c1nccc2sccc12. The highest BCUT2D eigenvalue weighted by atomic mass is 32.1. The van der Waals surface area contributed by atoms with Crippen LogP contribution in [0.4, 0.5) is 0 Å². The molecular formula is C7H6BNO2S. The van der Waals surface area contributed by atoms with Crippen molar-refractivity contribution in [1.82, 2.24) is 4.98 Å². The molecule has 0 aromatic carbocycles. The number of rotatable bonds is 1. The van der Waals surface area contributed by atoms with Crippen LogP contribution in [0.5, 0.6) is 0 Å². The molecular weight excluding hydrogens is 173 g/mol. The molecule has 2 heterocycles. The van der Waals surface area contributed by atoms with Crippen molar-refractivity contribution >= 4 is 34.1 Å². The normalized spacial score (nSPS) is 10.5. The predicted molar refractivity (Wildman–Crippen MR) is 49.4 cm³/mol. The van der Waals surface area contributed by atoms with E-state index in [2.05, 4.69) is 4.98 Å². The van der Waals surface area contributed by atoms with Gasteiger partial charge in [0.2, 0.25) is 0 Å². The first-order valence-electron chi connectivity index (χ1n) is 3.47. The molecule has 5 heteroatoms. The average Bonchev–Trinajstić information content (AvgIpc) is 2.49. The van der Waals surface area contributed by atoms with Crippen molar-refractivity contribution < 1.29 is 10.0 Å². The quantitative estimate of drug-likeness (QED) is 0.604. The lowest BCUT2D eigenvalue weighted by Crippen LogP contribution is -2.32. The van der Waals surface area contributed by atoms with Gasteiger partial charge in [-0.15, -0.1) is 11.3 Å². The van der Waals surface area contributed by atoms with Crippen molar-refractivity contribution in [2.24, 2.45) is 0 Å².